The molecule has 3 nitrogen and oxygen atoms in total. The molecule has 0 aliphatic rings. The molecule has 110 valence electrons. The lowest BCUT2D eigenvalue weighted by molar-refractivity contribution is 0.00340. The van der Waals surface area contributed by atoms with Crippen molar-refractivity contribution in [2.45, 2.75) is 71.6 Å². The van der Waals surface area contributed by atoms with E-state index in [1.807, 2.05) is 12.1 Å². The Bertz CT molecular complexity index is 298. The minimum absolute atomic E-state index is 0.246. The minimum Gasteiger partial charge on any atom is -0.468 e. The summed E-state index contributed by atoms with van der Waals surface area (Å²) in [6.07, 6.45) is 8.72. The van der Waals surface area contributed by atoms with E-state index in [2.05, 4.69) is 26.1 Å². The van der Waals surface area contributed by atoms with Gasteiger partial charge in [-0.1, -0.05) is 32.6 Å². The second kappa shape index (κ2) is 10.0. The number of furan rings is 1. The summed E-state index contributed by atoms with van der Waals surface area (Å²) in [6.45, 7) is 8.17. The van der Waals surface area contributed by atoms with Gasteiger partial charge >= 0.3 is 0 Å². The lowest BCUT2D eigenvalue weighted by Crippen LogP contribution is -2.29. The van der Waals surface area contributed by atoms with E-state index in [0.717, 1.165) is 18.8 Å². The summed E-state index contributed by atoms with van der Waals surface area (Å²) in [4.78, 5) is 0. The number of unbranched alkanes of at least 4 members (excludes halogenated alkanes) is 3. The van der Waals surface area contributed by atoms with Gasteiger partial charge in [-0.25, -0.2) is 0 Å². The third-order valence-corrected chi connectivity index (χ3v) is 3.24. The summed E-state index contributed by atoms with van der Waals surface area (Å²) in [5.74, 6) is 0.972. The van der Waals surface area contributed by atoms with Gasteiger partial charge in [-0.15, -0.1) is 0 Å². The van der Waals surface area contributed by atoms with Gasteiger partial charge in [-0.2, -0.15) is 0 Å². The maximum Gasteiger partial charge on any atom is 0.117 e. The van der Waals surface area contributed by atoms with Crippen LogP contribution >= 0.6 is 0 Å². The van der Waals surface area contributed by atoms with Crippen LogP contribution in [0.2, 0.25) is 0 Å². The van der Waals surface area contributed by atoms with Crippen molar-refractivity contribution in [1.82, 2.24) is 5.32 Å². The van der Waals surface area contributed by atoms with E-state index in [1.54, 1.807) is 6.26 Å². The predicted molar refractivity (Wildman–Crippen MR) is 79.2 cm³/mol. The van der Waals surface area contributed by atoms with E-state index in [-0.39, 0.29) is 6.10 Å². The first-order valence-electron chi connectivity index (χ1n) is 7.61. The molecule has 1 aromatic rings. The third-order valence-electron chi connectivity index (χ3n) is 3.24. The predicted octanol–water partition coefficient (Wildman–Crippen LogP) is 4.13. The van der Waals surface area contributed by atoms with Crippen molar-refractivity contribution < 1.29 is 9.15 Å². The van der Waals surface area contributed by atoms with Crippen molar-refractivity contribution in [2.24, 2.45) is 0 Å². The first-order valence-corrected chi connectivity index (χ1v) is 7.61. The molecule has 0 saturated carbocycles. The lowest BCUT2D eigenvalue weighted by Gasteiger charge is -2.19. The highest BCUT2D eigenvalue weighted by Crippen LogP contribution is 2.09. The maximum absolute atomic E-state index is 5.96. The van der Waals surface area contributed by atoms with Crippen LogP contribution in [0.15, 0.2) is 22.8 Å². The molecule has 1 N–H and O–H groups in total. The Morgan fingerprint density at radius 2 is 2.05 bits per heavy atom. The van der Waals surface area contributed by atoms with Crippen LogP contribution in [-0.2, 0) is 11.3 Å². The van der Waals surface area contributed by atoms with Crippen LogP contribution in [-0.4, -0.2) is 18.8 Å². The van der Waals surface area contributed by atoms with Crippen molar-refractivity contribution in [2.75, 3.05) is 6.54 Å². The Morgan fingerprint density at radius 3 is 2.74 bits per heavy atom. The Kier molecular flexibility index (Phi) is 8.59. The molecule has 0 amide bonds. The largest absolute Gasteiger partial charge is 0.468 e. The van der Waals surface area contributed by atoms with Crippen molar-refractivity contribution >= 4 is 0 Å². The number of ether oxygens (including phenoxy) is 1. The fourth-order valence-electron chi connectivity index (χ4n) is 2.18. The number of hydrogen-bond donors (Lipinski definition) is 1. The third kappa shape index (κ3) is 8.06. The second-order valence-corrected chi connectivity index (χ2v) is 5.32. The Labute approximate surface area is 117 Å². The van der Waals surface area contributed by atoms with Gasteiger partial charge in [-0.3, -0.25) is 0 Å². The Balaban J connectivity index is 2.01. The standard InChI is InChI=1S/C16H29NO2/c1-4-5-6-7-9-14(2)19-15(3)12-17-13-16-10-8-11-18-16/h8,10-11,14-15,17H,4-7,9,12-13H2,1-3H3. The summed E-state index contributed by atoms with van der Waals surface area (Å²) < 4.78 is 11.2. The smallest absolute Gasteiger partial charge is 0.117 e. The zero-order valence-corrected chi connectivity index (χ0v) is 12.7. The van der Waals surface area contributed by atoms with Crippen LogP contribution < -0.4 is 5.32 Å². The van der Waals surface area contributed by atoms with Gasteiger partial charge in [0, 0.05) is 6.54 Å². The van der Waals surface area contributed by atoms with Crippen molar-refractivity contribution in [3.05, 3.63) is 24.2 Å². The van der Waals surface area contributed by atoms with Gasteiger partial charge in [0.25, 0.3) is 0 Å². The number of hydrogen-bond acceptors (Lipinski definition) is 3. The van der Waals surface area contributed by atoms with E-state index in [4.69, 9.17) is 9.15 Å². The Morgan fingerprint density at radius 1 is 1.21 bits per heavy atom. The molecule has 19 heavy (non-hydrogen) atoms. The molecule has 0 fully saturated rings. The highest BCUT2D eigenvalue weighted by atomic mass is 16.5. The molecule has 2 atom stereocenters. The molecule has 0 aromatic carbocycles. The molecule has 0 spiro atoms. The van der Waals surface area contributed by atoms with Crippen molar-refractivity contribution in [3.8, 4) is 0 Å². The number of rotatable bonds is 11. The van der Waals surface area contributed by atoms with E-state index >= 15 is 0 Å². The average Bonchev–Trinajstić information content (AvgIpc) is 2.88. The maximum atomic E-state index is 5.96. The highest BCUT2D eigenvalue weighted by molar-refractivity contribution is 4.97. The molecule has 0 aliphatic carbocycles. The van der Waals surface area contributed by atoms with Crippen LogP contribution in [0.1, 0.15) is 58.6 Å². The van der Waals surface area contributed by atoms with E-state index in [0.29, 0.717) is 6.10 Å². The molecule has 0 saturated heterocycles. The highest BCUT2D eigenvalue weighted by Gasteiger charge is 2.08. The van der Waals surface area contributed by atoms with E-state index in [9.17, 15) is 0 Å². The van der Waals surface area contributed by atoms with Gasteiger partial charge in [0.1, 0.15) is 5.76 Å². The second-order valence-electron chi connectivity index (χ2n) is 5.32. The molecular weight excluding hydrogens is 238 g/mol. The first-order chi connectivity index (χ1) is 9.22. The molecule has 1 heterocycles. The minimum atomic E-state index is 0.246. The van der Waals surface area contributed by atoms with Gasteiger partial charge in [-0.05, 0) is 32.4 Å². The van der Waals surface area contributed by atoms with Crippen molar-refractivity contribution in [3.63, 3.8) is 0 Å². The van der Waals surface area contributed by atoms with E-state index in [1.165, 1.54) is 32.1 Å². The van der Waals surface area contributed by atoms with Gasteiger partial charge < -0.3 is 14.5 Å². The summed E-state index contributed by atoms with van der Waals surface area (Å²) in [7, 11) is 0. The van der Waals surface area contributed by atoms with E-state index < -0.39 is 0 Å². The fraction of sp³-hybridized carbons (Fsp3) is 0.750. The fourth-order valence-corrected chi connectivity index (χ4v) is 2.18. The lowest BCUT2D eigenvalue weighted by atomic mass is 10.1. The van der Waals surface area contributed by atoms with Crippen LogP contribution in [0, 0.1) is 0 Å². The zero-order chi connectivity index (χ0) is 13.9. The molecule has 0 bridgehead atoms. The molecular formula is C16H29NO2. The average molecular weight is 267 g/mol. The quantitative estimate of drug-likeness (QED) is 0.612. The molecule has 0 aliphatic heterocycles. The molecule has 3 heteroatoms. The topological polar surface area (TPSA) is 34.4 Å². The van der Waals surface area contributed by atoms with Crippen LogP contribution in [0.4, 0.5) is 0 Å². The summed E-state index contributed by atoms with van der Waals surface area (Å²) in [5.41, 5.74) is 0. The van der Waals surface area contributed by atoms with Crippen LogP contribution in [0.5, 0.6) is 0 Å². The Hall–Kier alpha value is -0.800. The summed E-state index contributed by atoms with van der Waals surface area (Å²) >= 11 is 0. The van der Waals surface area contributed by atoms with Gasteiger partial charge in [0.15, 0.2) is 0 Å². The van der Waals surface area contributed by atoms with Gasteiger partial charge in [0.05, 0.1) is 25.0 Å². The first kappa shape index (κ1) is 16.3. The SMILES string of the molecule is CCCCCCC(C)OC(C)CNCc1ccco1. The summed E-state index contributed by atoms with van der Waals surface area (Å²) in [6, 6.07) is 3.89. The monoisotopic (exact) mass is 267 g/mol. The number of nitrogens with one attached hydrogen (secondary N) is 1. The summed E-state index contributed by atoms with van der Waals surface area (Å²) in [5, 5.41) is 3.35. The normalized spacial score (nSPS) is 14.5. The molecule has 1 aromatic heterocycles. The van der Waals surface area contributed by atoms with Crippen LogP contribution in [0.25, 0.3) is 0 Å². The van der Waals surface area contributed by atoms with Crippen molar-refractivity contribution in [1.29, 1.82) is 0 Å². The zero-order valence-electron chi connectivity index (χ0n) is 12.7. The molecule has 1 rings (SSSR count). The van der Waals surface area contributed by atoms with Crippen LogP contribution in [0.3, 0.4) is 0 Å². The molecule has 2 unspecified atom stereocenters. The van der Waals surface area contributed by atoms with Gasteiger partial charge in [0.2, 0.25) is 0 Å². The molecule has 0 radical (unpaired) electrons.